The molecule has 1 aromatic carbocycles. The van der Waals surface area contributed by atoms with E-state index in [1.165, 1.54) is 7.11 Å². The highest BCUT2D eigenvalue weighted by Crippen LogP contribution is 2.29. The molecule has 1 aromatic rings. The average molecular weight is 395 g/mol. The van der Waals surface area contributed by atoms with Crippen LogP contribution in [0.25, 0.3) is 0 Å². The highest BCUT2D eigenvalue weighted by atomic mass is 32.1. The van der Waals surface area contributed by atoms with Crippen LogP contribution in [0.1, 0.15) is 10.4 Å². The number of ether oxygens (including phenoxy) is 4. The Balaban J connectivity index is 1.53. The van der Waals surface area contributed by atoms with E-state index in [0.717, 1.165) is 0 Å². The summed E-state index contributed by atoms with van der Waals surface area (Å²) in [5, 5.41) is 6.55. The van der Waals surface area contributed by atoms with Gasteiger partial charge in [0, 0.05) is 5.69 Å². The molecule has 0 saturated carbocycles. The van der Waals surface area contributed by atoms with E-state index in [4.69, 9.17) is 36.9 Å². The second-order valence-electron chi connectivity index (χ2n) is 6.19. The maximum absolute atomic E-state index is 11.6. The molecule has 10 heteroatoms. The van der Waals surface area contributed by atoms with Gasteiger partial charge in [0.05, 0.1) is 31.9 Å². The molecule has 1 amide bonds. The summed E-state index contributed by atoms with van der Waals surface area (Å²) in [5.41, 5.74) is 6.17. The normalized spacial score (nSPS) is 26.3. The van der Waals surface area contributed by atoms with E-state index in [1.54, 1.807) is 24.3 Å². The number of primary amides is 1. The number of carbonyl (C=O) groups is 2. The van der Waals surface area contributed by atoms with E-state index in [9.17, 15) is 9.59 Å². The molecule has 0 spiro atoms. The van der Waals surface area contributed by atoms with Crippen LogP contribution in [0, 0.1) is 0 Å². The van der Waals surface area contributed by atoms with E-state index in [0.29, 0.717) is 29.6 Å². The molecule has 4 atom stereocenters. The monoisotopic (exact) mass is 395 g/mol. The minimum absolute atomic E-state index is 0.166. The maximum atomic E-state index is 11.6. The second kappa shape index (κ2) is 8.61. The highest BCUT2D eigenvalue weighted by Gasteiger charge is 2.48. The molecule has 2 aliphatic heterocycles. The van der Waals surface area contributed by atoms with Gasteiger partial charge >= 0.3 is 5.97 Å². The number of nitrogens with two attached hydrogens (primary N) is 1. The fraction of sp³-hybridized carbons (Fsp3) is 0.471. The zero-order valence-electron chi connectivity index (χ0n) is 14.7. The number of hydrogen-bond donors (Lipinski definition) is 3. The molecule has 2 saturated heterocycles. The molecule has 2 aliphatic rings. The van der Waals surface area contributed by atoms with Gasteiger partial charge in [0.15, 0.2) is 5.11 Å². The predicted octanol–water partition coefficient (Wildman–Crippen LogP) is -0.204. The standard InChI is InChI=1S/C17H21N3O6S/c1-23-16(22)9-3-2-4-10(5-9)19-17(27)20-11-6-25-15-12(7-26-14(11)15)24-8-13(18)21/h2-5,11-12,14-15H,6-8H2,1H3,(H2,18,21)(H2,19,20,27). The lowest BCUT2D eigenvalue weighted by Gasteiger charge is -2.20. The van der Waals surface area contributed by atoms with Gasteiger partial charge in [0.1, 0.15) is 24.9 Å². The molecule has 2 fully saturated rings. The first-order chi connectivity index (χ1) is 13.0. The maximum Gasteiger partial charge on any atom is 0.337 e. The van der Waals surface area contributed by atoms with Crippen LogP contribution >= 0.6 is 12.2 Å². The zero-order valence-corrected chi connectivity index (χ0v) is 15.5. The quantitative estimate of drug-likeness (QED) is 0.444. The van der Waals surface area contributed by atoms with Crippen LogP contribution in [0.2, 0.25) is 0 Å². The van der Waals surface area contributed by atoms with E-state index >= 15 is 0 Å². The molecule has 146 valence electrons. The number of methoxy groups -OCH3 is 1. The van der Waals surface area contributed by atoms with E-state index in [-0.39, 0.29) is 31.0 Å². The fourth-order valence-corrected chi connectivity index (χ4v) is 3.37. The highest BCUT2D eigenvalue weighted by molar-refractivity contribution is 7.80. The van der Waals surface area contributed by atoms with Crippen molar-refractivity contribution in [3.63, 3.8) is 0 Å². The van der Waals surface area contributed by atoms with Crippen molar-refractivity contribution >= 4 is 34.9 Å². The number of carbonyl (C=O) groups excluding carboxylic acids is 2. The van der Waals surface area contributed by atoms with Crippen molar-refractivity contribution in [2.24, 2.45) is 5.73 Å². The van der Waals surface area contributed by atoms with Crippen LogP contribution in [0.15, 0.2) is 24.3 Å². The molecule has 3 rings (SSSR count). The van der Waals surface area contributed by atoms with Gasteiger partial charge in [-0.2, -0.15) is 0 Å². The van der Waals surface area contributed by atoms with Gasteiger partial charge in [0.2, 0.25) is 5.91 Å². The van der Waals surface area contributed by atoms with Crippen LogP contribution < -0.4 is 16.4 Å². The number of hydrogen-bond acceptors (Lipinski definition) is 7. The molecule has 2 heterocycles. The van der Waals surface area contributed by atoms with E-state index < -0.39 is 11.9 Å². The lowest BCUT2D eigenvalue weighted by atomic mass is 10.1. The summed E-state index contributed by atoms with van der Waals surface area (Å²) >= 11 is 5.34. The number of fused-ring (bicyclic) bond motifs is 1. The Bertz CT molecular complexity index is 730. The van der Waals surface area contributed by atoms with Crippen molar-refractivity contribution in [2.75, 3.05) is 32.2 Å². The Morgan fingerprint density at radius 2 is 2.07 bits per heavy atom. The number of benzene rings is 1. The number of thiocarbonyl (C=S) groups is 1. The Hall–Kier alpha value is -2.27. The van der Waals surface area contributed by atoms with Crippen molar-refractivity contribution in [3.8, 4) is 0 Å². The topological polar surface area (TPSA) is 121 Å². The molecule has 0 aliphatic carbocycles. The number of anilines is 1. The first kappa shape index (κ1) is 19.5. The lowest BCUT2D eigenvalue weighted by molar-refractivity contribution is -0.126. The third-order valence-electron chi connectivity index (χ3n) is 4.31. The minimum Gasteiger partial charge on any atom is -0.465 e. The molecule has 27 heavy (non-hydrogen) atoms. The SMILES string of the molecule is COC(=O)c1cccc(NC(=S)NC2COC3C(OCC(N)=O)COC23)c1. The van der Waals surface area contributed by atoms with Crippen molar-refractivity contribution in [1.82, 2.24) is 5.32 Å². The third kappa shape index (κ3) is 4.72. The number of rotatable bonds is 6. The predicted molar refractivity (Wildman–Crippen MR) is 99.3 cm³/mol. The largest absolute Gasteiger partial charge is 0.465 e. The molecule has 4 unspecified atom stereocenters. The van der Waals surface area contributed by atoms with Gasteiger partial charge in [-0.3, -0.25) is 4.79 Å². The summed E-state index contributed by atoms with van der Waals surface area (Å²) in [6.07, 6.45) is -0.871. The average Bonchev–Trinajstić information content (AvgIpc) is 3.22. The Morgan fingerprint density at radius 1 is 1.30 bits per heavy atom. The Kier molecular flexibility index (Phi) is 6.22. The van der Waals surface area contributed by atoms with Crippen LogP contribution in [0.4, 0.5) is 5.69 Å². The number of amides is 1. The minimum atomic E-state index is -0.536. The molecule has 0 radical (unpaired) electrons. The third-order valence-corrected chi connectivity index (χ3v) is 4.53. The molecule has 4 N–H and O–H groups in total. The molecule has 0 bridgehead atoms. The second-order valence-corrected chi connectivity index (χ2v) is 6.60. The summed E-state index contributed by atoms with van der Waals surface area (Å²) in [6.45, 7) is 0.535. The van der Waals surface area contributed by atoms with Crippen LogP contribution in [-0.2, 0) is 23.7 Å². The van der Waals surface area contributed by atoms with Crippen molar-refractivity contribution in [2.45, 2.75) is 24.4 Å². The molecular formula is C17H21N3O6S. The first-order valence-electron chi connectivity index (χ1n) is 8.37. The molecular weight excluding hydrogens is 374 g/mol. The van der Waals surface area contributed by atoms with E-state index in [2.05, 4.69) is 10.6 Å². The van der Waals surface area contributed by atoms with Gasteiger partial charge in [-0.25, -0.2) is 4.79 Å². The van der Waals surface area contributed by atoms with Gasteiger partial charge in [0.25, 0.3) is 0 Å². The van der Waals surface area contributed by atoms with Gasteiger partial charge in [-0.15, -0.1) is 0 Å². The van der Waals surface area contributed by atoms with E-state index in [1.807, 2.05) is 0 Å². The Morgan fingerprint density at radius 3 is 2.81 bits per heavy atom. The summed E-state index contributed by atoms with van der Waals surface area (Å²) in [5.74, 6) is -0.961. The van der Waals surface area contributed by atoms with Crippen LogP contribution in [0.3, 0.4) is 0 Å². The van der Waals surface area contributed by atoms with Gasteiger partial charge in [-0.05, 0) is 30.4 Å². The van der Waals surface area contributed by atoms with Crippen LogP contribution in [0.5, 0.6) is 0 Å². The number of nitrogens with one attached hydrogen (secondary N) is 2. The van der Waals surface area contributed by atoms with Crippen LogP contribution in [-0.4, -0.2) is 68.3 Å². The first-order valence-corrected chi connectivity index (χ1v) is 8.77. The van der Waals surface area contributed by atoms with Gasteiger partial charge < -0.3 is 35.3 Å². The van der Waals surface area contributed by atoms with Gasteiger partial charge in [-0.1, -0.05) is 6.07 Å². The lowest BCUT2D eigenvalue weighted by Crippen LogP contribution is -2.46. The zero-order chi connectivity index (χ0) is 19.4. The summed E-state index contributed by atoms with van der Waals surface area (Å²) in [7, 11) is 1.33. The summed E-state index contributed by atoms with van der Waals surface area (Å²) in [6, 6.07) is 6.65. The fourth-order valence-electron chi connectivity index (χ4n) is 3.10. The van der Waals surface area contributed by atoms with Crippen molar-refractivity contribution in [1.29, 1.82) is 0 Å². The summed E-state index contributed by atoms with van der Waals surface area (Å²) < 4.78 is 21.6. The molecule has 9 nitrogen and oxygen atoms in total. The molecule has 0 aromatic heterocycles. The Labute approximate surface area is 161 Å². The smallest absolute Gasteiger partial charge is 0.337 e. The van der Waals surface area contributed by atoms with Crippen molar-refractivity contribution < 1.29 is 28.5 Å². The summed E-state index contributed by atoms with van der Waals surface area (Å²) in [4.78, 5) is 22.5. The van der Waals surface area contributed by atoms with Crippen molar-refractivity contribution in [3.05, 3.63) is 29.8 Å². The number of esters is 1.